The van der Waals surface area contributed by atoms with Crippen LogP contribution in [0.25, 0.3) is 16.9 Å². The Hall–Kier alpha value is -2.43. The molecular weight excluding hydrogens is 795 g/mol. The van der Waals surface area contributed by atoms with Crippen LogP contribution in [0.4, 0.5) is 0 Å². The molecule has 62 heavy (non-hydrogen) atoms. The van der Waals surface area contributed by atoms with Gasteiger partial charge in [-0.25, -0.2) is 4.70 Å². The van der Waals surface area contributed by atoms with Crippen molar-refractivity contribution in [2.45, 2.75) is 264 Å². The molecule has 0 saturated heterocycles. The summed E-state index contributed by atoms with van der Waals surface area (Å²) in [6, 6.07) is 17.5. The molecule has 0 saturated carbocycles. The van der Waals surface area contributed by atoms with Crippen molar-refractivity contribution in [3.8, 4) is 11.8 Å². The van der Waals surface area contributed by atoms with E-state index < -0.39 is 0 Å². The molecule has 0 aliphatic carbocycles. The molecule has 0 unspecified atom stereocenters. The Kier molecular flexibility index (Phi) is 35.0. The molecule has 352 valence electrons. The summed E-state index contributed by atoms with van der Waals surface area (Å²) in [5, 5.41) is 2.86. The topological polar surface area (TPSA) is 25.3 Å². The smallest absolute Gasteiger partial charge is 0.0654 e. The van der Waals surface area contributed by atoms with Crippen molar-refractivity contribution in [1.29, 1.82) is 0 Å². The van der Waals surface area contributed by atoms with Crippen LogP contribution in [0.5, 0.6) is 0 Å². The third-order valence-electron chi connectivity index (χ3n) is 12.6. The minimum atomic E-state index is 0.832. The van der Waals surface area contributed by atoms with Crippen LogP contribution in [0.1, 0.15) is 263 Å². The van der Waals surface area contributed by atoms with Crippen molar-refractivity contribution in [3.63, 3.8) is 0 Å². The molecule has 0 spiro atoms. The number of hydrogen-bond acceptors (Lipinski definition) is 0. The van der Waals surface area contributed by atoms with Crippen LogP contribution in [0.2, 0.25) is 10.8 Å². The summed E-state index contributed by atoms with van der Waals surface area (Å²) in [6.07, 6.45) is 44.0. The van der Waals surface area contributed by atoms with Gasteiger partial charge >= 0.3 is 166 Å². The number of rotatable bonds is 37. The average molecular weight is 892 g/mol. The van der Waals surface area contributed by atoms with Gasteiger partial charge in [0, 0.05) is 28.7 Å². The van der Waals surface area contributed by atoms with Gasteiger partial charge in [0.05, 0.1) is 0 Å². The molecule has 0 amide bonds. The standard InChI is InChI=1S/C33H42N2.2C13H27.Ni/c1-5-9-13-17-27-18-14-15-21-29(27)33-31(20-12-8-4)30(19-11-7-3)32(35(33)34)28-24-22-26(23-25-28)16-10-6-2;2*1-3-5-7-9-11-13-12-10-8-6-4-2;/h14-15,18,21-25H,6-8,10-13,16-17,19-20H2,1-4H3;2*1,3-13H2,2H3;. The third kappa shape index (κ3) is 24.0. The van der Waals surface area contributed by atoms with Crippen LogP contribution in [0.3, 0.4) is 0 Å². The third-order valence-corrected chi connectivity index (χ3v) is 14.0. The molecule has 3 rings (SSSR count). The summed E-state index contributed by atoms with van der Waals surface area (Å²) in [6.45, 7) is 13.2. The van der Waals surface area contributed by atoms with Gasteiger partial charge in [0.2, 0.25) is 11.4 Å². The zero-order valence-electron chi connectivity index (χ0n) is 41.6. The van der Waals surface area contributed by atoms with Crippen LogP contribution < -0.4 is 0 Å². The monoisotopic (exact) mass is 891 g/mol. The van der Waals surface area contributed by atoms with E-state index in [1.807, 2.05) is 21.4 Å². The first-order chi connectivity index (χ1) is 30.6. The van der Waals surface area contributed by atoms with Crippen LogP contribution in [0, 0.1) is 11.8 Å². The molecular formula is C59H96N2Ni. The normalized spacial score (nSPS) is 12.6. The summed E-state index contributed by atoms with van der Waals surface area (Å²) in [5.41, 5.74) is 21.3. The number of unbranched alkanes of at least 4 members (excludes halogenated alkanes) is 23. The molecule has 0 bridgehead atoms. The van der Waals surface area contributed by atoms with Gasteiger partial charge in [-0.15, -0.1) is 11.8 Å². The fraction of sp³-hybridized carbons (Fsp3) is 0.695. The molecule has 2 aromatic carbocycles. The summed E-state index contributed by atoms with van der Waals surface area (Å²) in [5.74, 6) is 6.23. The van der Waals surface area contributed by atoms with Gasteiger partial charge < -0.3 is 5.53 Å². The van der Waals surface area contributed by atoms with Gasteiger partial charge in [0.15, 0.2) is 0 Å². The summed E-state index contributed by atoms with van der Waals surface area (Å²) < 4.78 is 1.52. The average Bonchev–Trinajstić information content (AvgIpc) is 3.57. The second-order valence-electron chi connectivity index (χ2n) is 18.1. The predicted molar refractivity (Wildman–Crippen MR) is 272 cm³/mol. The van der Waals surface area contributed by atoms with Crippen molar-refractivity contribution < 1.29 is 19.1 Å². The quantitative estimate of drug-likeness (QED) is 0.0280. The molecule has 1 heterocycles. The molecule has 0 aromatic heterocycles. The first-order valence-corrected chi connectivity index (χ1v) is 27.9. The molecule has 2 nitrogen and oxygen atoms in total. The fourth-order valence-electron chi connectivity index (χ4n) is 8.70. The zero-order chi connectivity index (χ0) is 44.7. The molecule has 2 aromatic rings. The van der Waals surface area contributed by atoms with Gasteiger partial charge in [0.25, 0.3) is 0 Å². The Labute approximate surface area is 392 Å². The van der Waals surface area contributed by atoms with Gasteiger partial charge in [0.1, 0.15) is 0 Å². The van der Waals surface area contributed by atoms with Crippen molar-refractivity contribution >= 4 is 11.4 Å². The zero-order valence-corrected chi connectivity index (χ0v) is 42.6. The van der Waals surface area contributed by atoms with E-state index in [1.54, 1.807) is 0 Å². The Morgan fingerprint density at radius 3 is 1.34 bits per heavy atom. The number of aryl methyl sites for hydroxylation is 2. The van der Waals surface area contributed by atoms with E-state index in [9.17, 15) is 5.53 Å². The Balaban J connectivity index is 0.000000444. The van der Waals surface area contributed by atoms with E-state index in [4.69, 9.17) is 0 Å². The van der Waals surface area contributed by atoms with Crippen molar-refractivity contribution in [1.82, 2.24) is 0 Å². The number of nitrogens with zero attached hydrogens (tertiary/aromatic N) is 2. The second kappa shape index (κ2) is 39.0. The van der Waals surface area contributed by atoms with Gasteiger partial charge in [-0.05, 0) is 81.2 Å². The molecule has 1 aliphatic heterocycles. The fourth-order valence-corrected chi connectivity index (χ4v) is 9.93. The number of benzene rings is 2. The van der Waals surface area contributed by atoms with E-state index in [1.165, 1.54) is 192 Å². The summed E-state index contributed by atoms with van der Waals surface area (Å²) in [4.78, 5) is 0. The van der Waals surface area contributed by atoms with Crippen molar-refractivity contribution in [2.24, 2.45) is 0 Å². The van der Waals surface area contributed by atoms with Crippen LogP contribution in [-0.2, 0) is 27.3 Å². The number of hydrogen-bond donors (Lipinski definition) is 0. The van der Waals surface area contributed by atoms with Crippen LogP contribution in [-0.4, -0.2) is 4.70 Å². The Morgan fingerprint density at radius 1 is 0.452 bits per heavy atom. The van der Waals surface area contributed by atoms with E-state index in [0.29, 0.717) is 0 Å². The minimum Gasteiger partial charge on any atom is -0.0654 e. The van der Waals surface area contributed by atoms with E-state index >= 15 is 0 Å². The molecule has 3 heteroatoms. The van der Waals surface area contributed by atoms with Gasteiger partial charge in [-0.1, -0.05) is 84.2 Å². The van der Waals surface area contributed by atoms with Gasteiger partial charge in [-0.3, -0.25) is 0 Å². The van der Waals surface area contributed by atoms with Gasteiger partial charge in [-0.2, -0.15) is 0 Å². The maximum absolute atomic E-state index is 11.8. The molecule has 0 atom stereocenters. The minimum absolute atomic E-state index is 0.832. The summed E-state index contributed by atoms with van der Waals surface area (Å²) >= 11 is 2.03. The van der Waals surface area contributed by atoms with Crippen molar-refractivity contribution in [2.75, 3.05) is 0 Å². The predicted octanol–water partition coefficient (Wildman–Crippen LogP) is 20.1. The second-order valence-corrected chi connectivity index (χ2v) is 19.6. The Morgan fingerprint density at radius 2 is 0.871 bits per heavy atom. The molecule has 0 radical (unpaired) electrons. The van der Waals surface area contributed by atoms with Crippen molar-refractivity contribution in [3.05, 3.63) is 87.5 Å². The SMILES string of the molecule is CC#CCCc1ccccc1C1=C(CCCC)C(CCCC)=C(c2ccc(CCCC)cc2)[N+]1=[N-].CCCCCCCCCCCC[CH2][Ni][CH2]CCCCCCCCCCCC. The van der Waals surface area contributed by atoms with E-state index in [0.717, 1.165) is 80.3 Å². The molecule has 1 aliphatic rings. The van der Waals surface area contributed by atoms with E-state index in [2.05, 4.69) is 95.0 Å². The van der Waals surface area contributed by atoms with Crippen LogP contribution >= 0.6 is 0 Å². The first kappa shape index (κ1) is 55.7. The molecule has 0 N–H and O–H groups in total. The number of allylic oxidation sites excluding steroid dienone is 2. The van der Waals surface area contributed by atoms with E-state index in [-0.39, 0.29) is 0 Å². The maximum atomic E-state index is 11.8. The first-order valence-electron chi connectivity index (χ1n) is 26.5. The Bertz CT molecular complexity index is 1510. The molecule has 0 fully saturated rings. The van der Waals surface area contributed by atoms with Crippen LogP contribution in [0.15, 0.2) is 59.7 Å². The summed E-state index contributed by atoms with van der Waals surface area (Å²) in [7, 11) is 0.